The summed E-state index contributed by atoms with van der Waals surface area (Å²) < 4.78 is 5.57. The summed E-state index contributed by atoms with van der Waals surface area (Å²) in [7, 11) is 0. The molecular formula is C17H25NO. The van der Waals surface area contributed by atoms with Gasteiger partial charge in [-0.3, -0.25) is 0 Å². The van der Waals surface area contributed by atoms with Gasteiger partial charge < -0.3 is 10.1 Å². The first-order valence-electron chi connectivity index (χ1n) is 7.85. The van der Waals surface area contributed by atoms with Crippen molar-refractivity contribution in [3.8, 4) is 5.75 Å². The SMILES string of the molecule is CCCNC(CCc1ccc2c(c1)CCO2)C1CC1. The third-order valence-electron chi connectivity index (χ3n) is 4.35. The molecule has 1 atom stereocenters. The molecule has 19 heavy (non-hydrogen) atoms. The number of benzene rings is 1. The van der Waals surface area contributed by atoms with E-state index in [1.165, 1.54) is 49.8 Å². The van der Waals surface area contributed by atoms with E-state index in [0.29, 0.717) is 0 Å². The summed E-state index contributed by atoms with van der Waals surface area (Å²) >= 11 is 0. The molecule has 2 nitrogen and oxygen atoms in total. The van der Waals surface area contributed by atoms with Crippen molar-refractivity contribution in [2.75, 3.05) is 13.2 Å². The first-order chi connectivity index (χ1) is 9.36. The lowest BCUT2D eigenvalue weighted by atomic mass is 9.99. The van der Waals surface area contributed by atoms with Gasteiger partial charge in [-0.15, -0.1) is 0 Å². The van der Waals surface area contributed by atoms with Crippen molar-refractivity contribution < 1.29 is 4.74 Å². The molecule has 3 rings (SSSR count). The molecule has 0 amide bonds. The molecule has 0 saturated heterocycles. The van der Waals surface area contributed by atoms with E-state index in [1.807, 2.05) is 0 Å². The zero-order chi connectivity index (χ0) is 13.1. The minimum absolute atomic E-state index is 0.740. The Labute approximate surface area is 116 Å². The molecule has 1 aliphatic carbocycles. The number of nitrogens with one attached hydrogen (secondary N) is 1. The molecule has 2 aliphatic rings. The number of hydrogen-bond donors (Lipinski definition) is 1. The van der Waals surface area contributed by atoms with Gasteiger partial charge in [0.25, 0.3) is 0 Å². The Morgan fingerprint density at radius 3 is 3.05 bits per heavy atom. The first-order valence-corrected chi connectivity index (χ1v) is 7.85. The summed E-state index contributed by atoms with van der Waals surface area (Å²) in [6, 6.07) is 7.49. The van der Waals surface area contributed by atoms with Crippen molar-refractivity contribution in [2.24, 2.45) is 5.92 Å². The molecule has 1 aromatic carbocycles. The van der Waals surface area contributed by atoms with Crippen LogP contribution < -0.4 is 10.1 Å². The molecule has 1 unspecified atom stereocenters. The Bertz CT molecular complexity index is 425. The molecule has 104 valence electrons. The van der Waals surface area contributed by atoms with Gasteiger partial charge in [0.15, 0.2) is 0 Å². The van der Waals surface area contributed by atoms with E-state index in [9.17, 15) is 0 Å². The first kappa shape index (κ1) is 13.0. The second-order valence-electron chi connectivity index (χ2n) is 5.98. The summed E-state index contributed by atoms with van der Waals surface area (Å²) in [5.41, 5.74) is 2.88. The van der Waals surface area contributed by atoms with Gasteiger partial charge in [0, 0.05) is 12.5 Å². The largest absolute Gasteiger partial charge is 0.493 e. The van der Waals surface area contributed by atoms with Crippen molar-refractivity contribution >= 4 is 0 Å². The summed E-state index contributed by atoms with van der Waals surface area (Å²) in [6.07, 6.45) is 7.66. The van der Waals surface area contributed by atoms with Crippen LogP contribution in [0.3, 0.4) is 0 Å². The minimum Gasteiger partial charge on any atom is -0.493 e. The molecule has 1 aliphatic heterocycles. The summed E-state index contributed by atoms with van der Waals surface area (Å²) in [5, 5.41) is 3.73. The van der Waals surface area contributed by atoms with Crippen LogP contribution in [0.15, 0.2) is 18.2 Å². The van der Waals surface area contributed by atoms with Crippen LogP contribution in [0.2, 0.25) is 0 Å². The number of rotatable bonds is 7. The Hall–Kier alpha value is -1.02. The zero-order valence-corrected chi connectivity index (χ0v) is 12.0. The maximum atomic E-state index is 5.57. The highest BCUT2D eigenvalue weighted by molar-refractivity contribution is 5.39. The van der Waals surface area contributed by atoms with Gasteiger partial charge in [-0.2, -0.15) is 0 Å². The van der Waals surface area contributed by atoms with Crippen molar-refractivity contribution in [3.05, 3.63) is 29.3 Å². The highest BCUT2D eigenvalue weighted by Crippen LogP contribution is 2.35. The summed E-state index contributed by atoms with van der Waals surface area (Å²) in [4.78, 5) is 0. The van der Waals surface area contributed by atoms with Crippen molar-refractivity contribution in [1.82, 2.24) is 5.32 Å². The predicted octanol–water partition coefficient (Wildman–Crippen LogP) is 3.33. The van der Waals surface area contributed by atoms with Gasteiger partial charge in [0.05, 0.1) is 6.61 Å². The van der Waals surface area contributed by atoms with Crippen LogP contribution in [0.1, 0.15) is 43.7 Å². The van der Waals surface area contributed by atoms with Gasteiger partial charge in [-0.25, -0.2) is 0 Å². The quantitative estimate of drug-likeness (QED) is 0.811. The Morgan fingerprint density at radius 2 is 2.26 bits per heavy atom. The molecule has 1 aromatic rings. The fourth-order valence-corrected chi connectivity index (χ4v) is 3.05. The van der Waals surface area contributed by atoms with E-state index >= 15 is 0 Å². The van der Waals surface area contributed by atoms with Crippen molar-refractivity contribution in [3.63, 3.8) is 0 Å². The third-order valence-corrected chi connectivity index (χ3v) is 4.35. The molecular weight excluding hydrogens is 234 g/mol. The Kier molecular flexibility index (Phi) is 4.07. The molecule has 2 heteroatoms. The van der Waals surface area contributed by atoms with Crippen LogP contribution in [-0.2, 0) is 12.8 Å². The molecule has 0 aromatic heterocycles. The second kappa shape index (κ2) is 5.96. The fourth-order valence-electron chi connectivity index (χ4n) is 3.05. The lowest BCUT2D eigenvalue weighted by molar-refractivity contribution is 0.357. The number of aryl methyl sites for hydroxylation is 1. The van der Waals surface area contributed by atoms with E-state index in [4.69, 9.17) is 4.74 Å². The summed E-state index contributed by atoms with van der Waals surface area (Å²) in [5.74, 6) is 2.05. The van der Waals surface area contributed by atoms with Crippen LogP contribution in [0.5, 0.6) is 5.75 Å². The number of hydrogen-bond acceptors (Lipinski definition) is 2. The average molecular weight is 259 g/mol. The van der Waals surface area contributed by atoms with Crippen LogP contribution >= 0.6 is 0 Å². The second-order valence-corrected chi connectivity index (χ2v) is 5.98. The smallest absolute Gasteiger partial charge is 0.122 e. The van der Waals surface area contributed by atoms with Crippen LogP contribution in [-0.4, -0.2) is 19.2 Å². The van der Waals surface area contributed by atoms with Crippen LogP contribution in [0.4, 0.5) is 0 Å². The highest BCUT2D eigenvalue weighted by Gasteiger charge is 2.30. The van der Waals surface area contributed by atoms with Crippen molar-refractivity contribution in [1.29, 1.82) is 0 Å². The van der Waals surface area contributed by atoms with E-state index in [1.54, 1.807) is 0 Å². The average Bonchev–Trinajstić information content (AvgIpc) is 3.16. The van der Waals surface area contributed by atoms with E-state index in [0.717, 1.165) is 30.7 Å². The van der Waals surface area contributed by atoms with Crippen LogP contribution in [0, 0.1) is 5.92 Å². The normalized spacial score (nSPS) is 19.0. The molecule has 1 saturated carbocycles. The predicted molar refractivity (Wildman–Crippen MR) is 78.8 cm³/mol. The molecule has 0 radical (unpaired) electrons. The van der Waals surface area contributed by atoms with E-state index in [2.05, 4.69) is 30.4 Å². The van der Waals surface area contributed by atoms with Gasteiger partial charge in [0.2, 0.25) is 0 Å². The number of fused-ring (bicyclic) bond motifs is 1. The topological polar surface area (TPSA) is 21.3 Å². The van der Waals surface area contributed by atoms with E-state index in [-0.39, 0.29) is 0 Å². The summed E-state index contributed by atoms with van der Waals surface area (Å²) in [6.45, 7) is 4.28. The monoisotopic (exact) mass is 259 g/mol. The lowest BCUT2D eigenvalue weighted by Gasteiger charge is -2.18. The van der Waals surface area contributed by atoms with Gasteiger partial charge in [-0.1, -0.05) is 19.1 Å². The lowest BCUT2D eigenvalue weighted by Crippen LogP contribution is -2.32. The van der Waals surface area contributed by atoms with Crippen LogP contribution in [0.25, 0.3) is 0 Å². The minimum atomic E-state index is 0.740. The fraction of sp³-hybridized carbons (Fsp3) is 0.647. The number of ether oxygens (including phenoxy) is 1. The Morgan fingerprint density at radius 1 is 1.37 bits per heavy atom. The molecule has 1 heterocycles. The zero-order valence-electron chi connectivity index (χ0n) is 12.0. The molecule has 0 spiro atoms. The maximum absolute atomic E-state index is 5.57. The van der Waals surface area contributed by atoms with E-state index < -0.39 is 0 Å². The third kappa shape index (κ3) is 3.30. The van der Waals surface area contributed by atoms with Gasteiger partial charge >= 0.3 is 0 Å². The van der Waals surface area contributed by atoms with Gasteiger partial charge in [0.1, 0.15) is 5.75 Å². The molecule has 1 N–H and O–H groups in total. The standard InChI is InChI=1S/C17H25NO/c1-2-10-18-16(14-5-6-14)7-3-13-4-8-17-15(12-13)9-11-19-17/h4,8,12,14,16,18H,2-3,5-7,9-11H2,1H3. The van der Waals surface area contributed by atoms with Gasteiger partial charge in [-0.05, 0) is 61.8 Å². The Balaban J connectivity index is 1.55. The van der Waals surface area contributed by atoms with Crippen molar-refractivity contribution in [2.45, 2.75) is 51.5 Å². The maximum Gasteiger partial charge on any atom is 0.122 e. The molecule has 1 fully saturated rings. The molecule has 0 bridgehead atoms. The highest BCUT2D eigenvalue weighted by atomic mass is 16.5.